The summed E-state index contributed by atoms with van der Waals surface area (Å²) in [5.41, 5.74) is 6.98. The van der Waals surface area contributed by atoms with E-state index in [-0.39, 0.29) is 11.9 Å². The minimum atomic E-state index is 0.000599. The van der Waals surface area contributed by atoms with Crippen molar-refractivity contribution in [2.75, 3.05) is 26.2 Å². The number of hydrogen-bond acceptors (Lipinski definition) is 4. The Balaban J connectivity index is 2.18. The van der Waals surface area contributed by atoms with Gasteiger partial charge in [0, 0.05) is 37.7 Å². The average molecular weight is 321 g/mol. The normalized spacial score (nSPS) is 18.7. The second kappa shape index (κ2) is 8.50. The summed E-state index contributed by atoms with van der Waals surface area (Å²) in [4.78, 5) is 17.1. The first-order valence-corrected chi connectivity index (χ1v) is 8.99. The third-order valence-corrected chi connectivity index (χ3v) is 4.88. The molecule has 1 saturated heterocycles. The minimum absolute atomic E-state index is 0.000599. The van der Waals surface area contributed by atoms with Gasteiger partial charge < -0.3 is 15.1 Å². The maximum atomic E-state index is 12.8. The van der Waals surface area contributed by atoms with Gasteiger partial charge in [-0.1, -0.05) is 20.8 Å². The molecule has 5 nitrogen and oxygen atoms in total. The van der Waals surface area contributed by atoms with Gasteiger partial charge >= 0.3 is 0 Å². The molecule has 1 fully saturated rings. The SMILES string of the molecule is CCc1oc(C(=O)N2CCCC[C@@H]2CN)cc1CN(CC)CC. The largest absolute Gasteiger partial charge is 0.456 e. The number of carbonyl (C=O) groups is 1. The maximum absolute atomic E-state index is 12.8. The molecule has 0 radical (unpaired) electrons. The summed E-state index contributed by atoms with van der Waals surface area (Å²) in [6.45, 7) is 10.5. The van der Waals surface area contributed by atoms with Crippen LogP contribution < -0.4 is 5.73 Å². The molecule has 2 N–H and O–H groups in total. The van der Waals surface area contributed by atoms with Crippen LogP contribution in [0.25, 0.3) is 0 Å². The molecule has 1 aliphatic rings. The van der Waals surface area contributed by atoms with Crippen molar-refractivity contribution in [1.29, 1.82) is 0 Å². The Kier molecular flexibility index (Phi) is 6.66. The van der Waals surface area contributed by atoms with Crippen molar-refractivity contribution in [2.45, 2.75) is 59.0 Å². The Morgan fingerprint density at radius 2 is 2.09 bits per heavy atom. The van der Waals surface area contributed by atoms with Crippen LogP contribution in [-0.2, 0) is 13.0 Å². The molecular weight excluding hydrogens is 290 g/mol. The molecule has 2 rings (SSSR count). The standard InChI is InChI=1S/C18H31N3O2/c1-4-16-14(13-20(5-2)6-3)11-17(23-16)18(22)21-10-8-7-9-15(21)12-19/h11,15H,4-10,12-13,19H2,1-3H3/t15-/m1/s1. The summed E-state index contributed by atoms with van der Waals surface area (Å²) in [6, 6.07) is 2.10. The van der Waals surface area contributed by atoms with E-state index in [9.17, 15) is 4.79 Å². The first kappa shape index (κ1) is 18.0. The van der Waals surface area contributed by atoms with Crippen LogP contribution in [0.15, 0.2) is 10.5 Å². The molecule has 130 valence electrons. The van der Waals surface area contributed by atoms with Gasteiger partial charge in [0.25, 0.3) is 5.91 Å². The molecular formula is C18H31N3O2. The molecule has 0 aromatic carbocycles. The fourth-order valence-corrected chi connectivity index (χ4v) is 3.35. The highest BCUT2D eigenvalue weighted by atomic mass is 16.4. The minimum Gasteiger partial charge on any atom is -0.456 e. The van der Waals surface area contributed by atoms with E-state index < -0.39 is 0 Å². The second-order valence-electron chi connectivity index (χ2n) is 6.26. The van der Waals surface area contributed by atoms with Gasteiger partial charge in [0.2, 0.25) is 0 Å². The molecule has 0 spiro atoms. The highest BCUT2D eigenvalue weighted by Crippen LogP contribution is 2.23. The van der Waals surface area contributed by atoms with E-state index in [1.54, 1.807) is 0 Å². The van der Waals surface area contributed by atoms with Crippen LogP contribution in [0.1, 0.15) is 61.9 Å². The van der Waals surface area contributed by atoms with Gasteiger partial charge in [-0.2, -0.15) is 0 Å². The lowest BCUT2D eigenvalue weighted by atomic mass is 10.0. The van der Waals surface area contributed by atoms with Crippen molar-refractivity contribution in [2.24, 2.45) is 5.73 Å². The fraction of sp³-hybridized carbons (Fsp3) is 0.722. The summed E-state index contributed by atoms with van der Waals surface area (Å²) in [5.74, 6) is 1.41. The molecule has 1 amide bonds. The Morgan fingerprint density at radius 3 is 2.70 bits per heavy atom. The van der Waals surface area contributed by atoms with E-state index >= 15 is 0 Å². The van der Waals surface area contributed by atoms with Gasteiger partial charge in [-0.05, 0) is 38.4 Å². The molecule has 23 heavy (non-hydrogen) atoms. The molecule has 0 saturated carbocycles. The molecule has 0 bridgehead atoms. The number of rotatable bonds is 7. The lowest BCUT2D eigenvalue weighted by molar-refractivity contribution is 0.0589. The third-order valence-electron chi connectivity index (χ3n) is 4.88. The first-order valence-electron chi connectivity index (χ1n) is 8.99. The highest BCUT2D eigenvalue weighted by molar-refractivity contribution is 5.92. The molecule has 2 heterocycles. The summed E-state index contributed by atoms with van der Waals surface area (Å²) in [5, 5.41) is 0. The van der Waals surface area contributed by atoms with E-state index in [4.69, 9.17) is 10.2 Å². The topological polar surface area (TPSA) is 62.7 Å². The number of amides is 1. The maximum Gasteiger partial charge on any atom is 0.289 e. The van der Waals surface area contributed by atoms with Crippen LogP contribution in [0.5, 0.6) is 0 Å². The molecule has 5 heteroatoms. The zero-order valence-corrected chi connectivity index (χ0v) is 14.8. The van der Waals surface area contributed by atoms with Crippen LogP contribution >= 0.6 is 0 Å². The monoisotopic (exact) mass is 321 g/mol. The predicted molar refractivity (Wildman–Crippen MR) is 92.4 cm³/mol. The lowest BCUT2D eigenvalue weighted by Gasteiger charge is -2.34. The van der Waals surface area contributed by atoms with Gasteiger partial charge in [0.1, 0.15) is 5.76 Å². The van der Waals surface area contributed by atoms with Crippen molar-refractivity contribution >= 4 is 5.91 Å². The van der Waals surface area contributed by atoms with Gasteiger partial charge in [0.05, 0.1) is 0 Å². The molecule has 1 aliphatic heterocycles. The number of aryl methyl sites for hydroxylation is 1. The van der Waals surface area contributed by atoms with Crippen molar-refractivity contribution in [1.82, 2.24) is 9.80 Å². The Morgan fingerprint density at radius 1 is 1.35 bits per heavy atom. The predicted octanol–water partition coefficient (Wildman–Crippen LogP) is 2.64. The molecule has 1 aromatic heterocycles. The Bertz CT molecular complexity index is 508. The number of likely N-dealkylation sites (tertiary alicyclic amines) is 1. The average Bonchev–Trinajstić information content (AvgIpc) is 3.01. The lowest BCUT2D eigenvalue weighted by Crippen LogP contribution is -2.47. The van der Waals surface area contributed by atoms with E-state index in [0.29, 0.717) is 12.3 Å². The van der Waals surface area contributed by atoms with E-state index in [0.717, 1.165) is 63.2 Å². The van der Waals surface area contributed by atoms with Gasteiger partial charge in [-0.15, -0.1) is 0 Å². The Labute approximate surface area is 139 Å². The number of carbonyl (C=O) groups excluding carboxylic acids is 1. The zero-order chi connectivity index (χ0) is 16.8. The van der Waals surface area contributed by atoms with E-state index in [1.807, 2.05) is 11.0 Å². The number of hydrogen-bond donors (Lipinski definition) is 1. The Hall–Kier alpha value is -1.33. The van der Waals surface area contributed by atoms with Crippen molar-refractivity contribution in [3.63, 3.8) is 0 Å². The van der Waals surface area contributed by atoms with Gasteiger partial charge in [-0.25, -0.2) is 0 Å². The van der Waals surface area contributed by atoms with Crippen LogP contribution in [-0.4, -0.2) is 47.9 Å². The summed E-state index contributed by atoms with van der Waals surface area (Å²) in [6.07, 6.45) is 4.01. The summed E-state index contributed by atoms with van der Waals surface area (Å²) in [7, 11) is 0. The smallest absolute Gasteiger partial charge is 0.289 e. The summed E-state index contributed by atoms with van der Waals surface area (Å²) >= 11 is 0. The zero-order valence-electron chi connectivity index (χ0n) is 14.8. The second-order valence-corrected chi connectivity index (χ2v) is 6.26. The highest BCUT2D eigenvalue weighted by Gasteiger charge is 2.29. The van der Waals surface area contributed by atoms with Crippen molar-refractivity contribution < 1.29 is 9.21 Å². The third kappa shape index (κ3) is 4.15. The van der Waals surface area contributed by atoms with E-state index in [1.165, 1.54) is 0 Å². The van der Waals surface area contributed by atoms with Crippen molar-refractivity contribution in [3.05, 3.63) is 23.2 Å². The number of nitrogens with two attached hydrogens (primary N) is 1. The number of piperidine rings is 1. The first-order chi connectivity index (χ1) is 11.1. The molecule has 1 aromatic rings. The molecule has 1 atom stereocenters. The summed E-state index contributed by atoms with van der Waals surface area (Å²) < 4.78 is 5.90. The van der Waals surface area contributed by atoms with Gasteiger partial charge in [-0.3, -0.25) is 9.69 Å². The van der Waals surface area contributed by atoms with Crippen LogP contribution in [0.2, 0.25) is 0 Å². The van der Waals surface area contributed by atoms with Crippen LogP contribution in [0.3, 0.4) is 0 Å². The molecule has 0 aliphatic carbocycles. The van der Waals surface area contributed by atoms with Gasteiger partial charge in [0.15, 0.2) is 5.76 Å². The number of furan rings is 1. The number of nitrogens with zero attached hydrogens (tertiary/aromatic N) is 2. The quantitative estimate of drug-likeness (QED) is 0.838. The van der Waals surface area contributed by atoms with Crippen LogP contribution in [0, 0.1) is 0 Å². The molecule has 0 unspecified atom stereocenters. The van der Waals surface area contributed by atoms with Crippen molar-refractivity contribution in [3.8, 4) is 0 Å². The van der Waals surface area contributed by atoms with Crippen LogP contribution in [0.4, 0.5) is 0 Å². The van der Waals surface area contributed by atoms with E-state index in [2.05, 4.69) is 25.7 Å². The fourth-order valence-electron chi connectivity index (χ4n) is 3.35.